The normalized spacial score (nSPS) is 11.0. The lowest BCUT2D eigenvalue weighted by molar-refractivity contribution is -0.121. The molecule has 0 fully saturated rings. The average Bonchev–Trinajstić information content (AvgIpc) is 3.31. The number of fused-ring (bicyclic) bond motifs is 1. The van der Waals surface area contributed by atoms with Gasteiger partial charge in [0.1, 0.15) is 5.82 Å². The van der Waals surface area contributed by atoms with Gasteiger partial charge in [0, 0.05) is 25.5 Å². The van der Waals surface area contributed by atoms with Crippen LogP contribution in [-0.2, 0) is 24.8 Å². The van der Waals surface area contributed by atoms with Crippen LogP contribution in [0.1, 0.15) is 18.1 Å². The maximum Gasteiger partial charge on any atom is 0.220 e. The molecule has 4 rings (SSSR count). The smallest absolute Gasteiger partial charge is 0.220 e. The molecule has 27 heavy (non-hydrogen) atoms. The van der Waals surface area contributed by atoms with Gasteiger partial charge in [-0.1, -0.05) is 42.5 Å². The summed E-state index contributed by atoms with van der Waals surface area (Å²) in [5.41, 5.74) is 2.95. The Balaban J connectivity index is 1.32. The van der Waals surface area contributed by atoms with E-state index in [0.717, 1.165) is 22.4 Å². The molecule has 2 aromatic heterocycles. The fourth-order valence-electron chi connectivity index (χ4n) is 3.00. The molecule has 1 N–H and O–H groups in total. The van der Waals surface area contributed by atoms with Gasteiger partial charge >= 0.3 is 0 Å². The summed E-state index contributed by atoms with van der Waals surface area (Å²) in [6, 6.07) is 17.7. The Labute approximate surface area is 156 Å². The molecule has 0 unspecified atom stereocenters. The lowest BCUT2D eigenvalue weighted by Crippen LogP contribution is -2.24. The van der Waals surface area contributed by atoms with Gasteiger partial charge in [-0.15, -0.1) is 0 Å². The number of nitrogens with one attached hydrogen (secondary N) is 1. The number of imidazole rings is 1. The average molecular weight is 360 g/mol. The quantitative estimate of drug-likeness (QED) is 0.571. The summed E-state index contributed by atoms with van der Waals surface area (Å²) in [7, 11) is 1.95. The topological polar surface area (TPSA) is 73.0 Å². The Morgan fingerprint density at radius 2 is 1.89 bits per heavy atom. The molecule has 0 radical (unpaired) electrons. The zero-order valence-electron chi connectivity index (χ0n) is 15.1. The molecule has 0 atom stereocenters. The van der Waals surface area contributed by atoms with Gasteiger partial charge in [0.2, 0.25) is 5.91 Å². The van der Waals surface area contributed by atoms with Gasteiger partial charge in [-0.05, 0) is 12.1 Å². The second kappa shape index (κ2) is 7.45. The molecule has 2 aromatic carbocycles. The van der Waals surface area contributed by atoms with E-state index in [4.69, 9.17) is 4.42 Å². The summed E-state index contributed by atoms with van der Waals surface area (Å²) in [5.74, 6) is 2.05. The van der Waals surface area contributed by atoms with E-state index in [1.54, 1.807) is 6.20 Å². The third-order valence-electron chi connectivity index (χ3n) is 4.50. The maximum atomic E-state index is 12.2. The number of oxazole rings is 1. The van der Waals surface area contributed by atoms with Crippen molar-refractivity contribution >= 4 is 16.9 Å². The van der Waals surface area contributed by atoms with Crippen LogP contribution in [0.4, 0.5) is 0 Å². The standard InChI is InChI=1S/C21H20N4O2/c1-25-17-10-6-5-9-16(17)24-19(25)14-22-20(26)11-12-21-23-13-18(27-21)15-7-3-2-4-8-15/h2-10,13H,11-12,14H2,1H3,(H,22,26). The molecule has 0 bridgehead atoms. The first-order chi connectivity index (χ1) is 13.2. The zero-order valence-corrected chi connectivity index (χ0v) is 15.1. The van der Waals surface area contributed by atoms with Crippen molar-refractivity contribution in [2.45, 2.75) is 19.4 Å². The van der Waals surface area contributed by atoms with Crippen molar-refractivity contribution < 1.29 is 9.21 Å². The lowest BCUT2D eigenvalue weighted by atomic mass is 10.2. The third-order valence-corrected chi connectivity index (χ3v) is 4.50. The van der Waals surface area contributed by atoms with E-state index in [0.29, 0.717) is 31.0 Å². The van der Waals surface area contributed by atoms with E-state index < -0.39 is 0 Å². The van der Waals surface area contributed by atoms with Crippen molar-refractivity contribution in [3.8, 4) is 11.3 Å². The monoisotopic (exact) mass is 360 g/mol. The Morgan fingerprint density at radius 3 is 2.70 bits per heavy atom. The molecule has 6 nitrogen and oxygen atoms in total. The van der Waals surface area contributed by atoms with E-state index in [9.17, 15) is 4.79 Å². The van der Waals surface area contributed by atoms with Crippen molar-refractivity contribution in [3.63, 3.8) is 0 Å². The molecule has 0 aliphatic rings. The summed E-state index contributed by atoms with van der Waals surface area (Å²) >= 11 is 0. The van der Waals surface area contributed by atoms with Crippen LogP contribution < -0.4 is 5.32 Å². The molecular weight excluding hydrogens is 340 g/mol. The first kappa shape index (κ1) is 17.0. The van der Waals surface area contributed by atoms with Gasteiger partial charge in [-0.25, -0.2) is 9.97 Å². The van der Waals surface area contributed by atoms with Crippen LogP contribution in [0.15, 0.2) is 65.2 Å². The van der Waals surface area contributed by atoms with Crippen molar-refractivity contribution in [3.05, 3.63) is 72.5 Å². The fraction of sp³-hybridized carbons (Fsp3) is 0.190. The van der Waals surface area contributed by atoms with Gasteiger partial charge in [-0.2, -0.15) is 0 Å². The second-order valence-corrected chi connectivity index (χ2v) is 6.34. The number of hydrogen-bond acceptors (Lipinski definition) is 4. The highest BCUT2D eigenvalue weighted by Crippen LogP contribution is 2.20. The van der Waals surface area contributed by atoms with Crippen LogP contribution in [0.25, 0.3) is 22.4 Å². The number of rotatable bonds is 6. The Morgan fingerprint density at radius 1 is 1.11 bits per heavy atom. The fourth-order valence-corrected chi connectivity index (χ4v) is 3.00. The van der Waals surface area contributed by atoms with E-state index >= 15 is 0 Å². The van der Waals surface area contributed by atoms with E-state index in [2.05, 4.69) is 15.3 Å². The van der Waals surface area contributed by atoms with Gasteiger partial charge < -0.3 is 14.3 Å². The first-order valence-electron chi connectivity index (χ1n) is 8.88. The predicted molar refractivity (Wildman–Crippen MR) is 103 cm³/mol. The Kier molecular flexibility index (Phi) is 4.70. The SMILES string of the molecule is Cn1c(CNC(=O)CCc2ncc(-c3ccccc3)o2)nc2ccccc21. The molecule has 0 saturated heterocycles. The minimum atomic E-state index is -0.0542. The van der Waals surface area contributed by atoms with Crippen molar-refractivity contribution in [1.82, 2.24) is 19.9 Å². The second-order valence-electron chi connectivity index (χ2n) is 6.34. The highest BCUT2D eigenvalue weighted by atomic mass is 16.4. The van der Waals surface area contributed by atoms with Gasteiger partial charge in [0.25, 0.3) is 0 Å². The molecule has 2 heterocycles. The Bertz CT molecular complexity index is 1070. The minimum absolute atomic E-state index is 0.0542. The van der Waals surface area contributed by atoms with Crippen molar-refractivity contribution in [1.29, 1.82) is 0 Å². The molecule has 0 spiro atoms. The molecule has 0 saturated carbocycles. The van der Waals surface area contributed by atoms with Crippen LogP contribution in [0, 0.1) is 0 Å². The van der Waals surface area contributed by atoms with Crippen LogP contribution in [0.2, 0.25) is 0 Å². The van der Waals surface area contributed by atoms with Gasteiger partial charge in [0.15, 0.2) is 11.7 Å². The molecule has 6 heteroatoms. The van der Waals surface area contributed by atoms with Crippen LogP contribution in [0.5, 0.6) is 0 Å². The number of para-hydroxylation sites is 2. The number of carbonyl (C=O) groups is 1. The van der Waals surface area contributed by atoms with Gasteiger partial charge in [0.05, 0.1) is 23.8 Å². The van der Waals surface area contributed by atoms with E-state index in [1.165, 1.54) is 0 Å². The summed E-state index contributed by atoms with van der Waals surface area (Å²) in [6.07, 6.45) is 2.47. The molecule has 1 amide bonds. The van der Waals surface area contributed by atoms with Crippen LogP contribution in [0.3, 0.4) is 0 Å². The summed E-state index contributed by atoms with van der Waals surface area (Å²) < 4.78 is 7.73. The molecule has 4 aromatic rings. The summed E-state index contributed by atoms with van der Waals surface area (Å²) in [5, 5.41) is 2.92. The highest BCUT2D eigenvalue weighted by Gasteiger charge is 2.11. The third kappa shape index (κ3) is 3.74. The number of aromatic nitrogens is 3. The minimum Gasteiger partial charge on any atom is -0.441 e. The number of hydrogen-bond donors (Lipinski definition) is 1. The van der Waals surface area contributed by atoms with Crippen LogP contribution >= 0.6 is 0 Å². The lowest BCUT2D eigenvalue weighted by Gasteiger charge is -2.05. The van der Waals surface area contributed by atoms with Crippen molar-refractivity contribution in [2.75, 3.05) is 0 Å². The number of benzene rings is 2. The number of aryl methyl sites for hydroxylation is 2. The first-order valence-corrected chi connectivity index (χ1v) is 8.88. The zero-order chi connectivity index (χ0) is 18.6. The highest BCUT2D eigenvalue weighted by molar-refractivity contribution is 5.77. The van der Waals surface area contributed by atoms with Crippen molar-refractivity contribution in [2.24, 2.45) is 7.05 Å². The van der Waals surface area contributed by atoms with Gasteiger partial charge in [-0.3, -0.25) is 4.79 Å². The maximum absolute atomic E-state index is 12.2. The molecule has 0 aliphatic carbocycles. The molecular formula is C21H20N4O2. The number of carbonyl (C=O) groups excluding carboxylic acids is 1. The van der Waals surface area contributed by atoms with E-state index in [-0.39, 0.29) is 5.91 Å². The molecule has 136 valence electrons. The predicted octanol–water partition coefficient (Wildman–Crippen LogP) is 3.48. The number of amides is 1. The molecule has 0 aliphatic heterocycles. The summed E-state index contributed by atoms with van der Waals surface area (Å²) in [6.45, 7) is 0.394. The van der Waals surface area contributed by atoms with Crippen LogP contribution in [-0.4, -0.2) is 20.4 Å². The van der Waals surface area contributed by atoms with E-state index in [1.807, 2.05) is 66.2 Å². The largest absolute Gasteiger partial charge is 0.441 e. The summed E-state index contributed by atoms with van der Waals surface area (Å²) in [4.78, 5) is 21.0. The Hall–Kier alpha value is -3.41. The number of nitrogens with zero attached hydrogens (tertiary/aromatic N) is 3.